The van der Waals surface area contributed by atoms with Gasteiger partial charge in [-0.15, -0.1) is 0 Å². The molecule has 162 valence electrons. The van der Waals surface area contributed by atoms with Gasteiger partial charge in [-0.1, -0.05) is 19.8 Å². The van der Waals surface area contributed by atoms with Gasteiger partial charge in [0.2, 0.25) is 5.91 Å². The van der Waals surface area contributed by atoms with Crippen LogP contribution in [0.3, 0.4) is 0 Å². The van der Waals surface area contributed by atoms with Gasteiger partial charge in [0, 0.05) is 38.0 Å². The molecule has 1 saturated heterocycles. The highest BCUT2D eigenvalue weighted by Crippen LogP contribution is 2.32. The molecular formula is C20H27F3N2O4. The molecule has 2 fully saturated rings. The van der Waals surface area contributed by atoms with Gasteiger partial charge in [0.15, 0.2) is 0 Å². The largest absolute Gasteiger partial charge is 0.490 e. The summed E-state index contributed by atoms with van der Waals surface area (Å²) in [6.45, 7) is 3.89. The highest BCUT2D eigenvalue weighted by atomic mass is 19.4. The number of carboxylic acid groups (broad SMARTS) is 1. The van der Waals surface area contributed by atoms with Crippen LogP contribution in [-0.2, 0) is 9.59 Å². The van der Waals surface area contributed by atoms with Gasteiger partial charge in [0.05, 0.1) is 6.20 Å². The summed E-state index contributed by atoms with van der Waals surface area (Å²) >= 11 is 0. The van der Waals surface area contributed by atoms with Crippen LogP contribution in [0.25, 0.3) is 0 Å². The Morgan fingerprint density at radius 3 is 2.31 bits per heavy atom. The molecule has 1 saturated carbocycles. The molecular weight excluding hydrogens is 389 g/mol. The lowest BCUT2D eigenvalue weighted by atomic mass is 9.79. The van der Waals surface area contributed by atoms with Crippen LogP contribution in [0.15, 0.2) is 24.5 Å². The number of hydrogen-bond acceptors (Lipinski definition) is 4. The van der Waals surface area contributed by atoms with Gasteiger partial charge in [-0.3, -0.25) is 9.78 Å². The third-order valence-electron chi connectivity index (χ3n) is 5.36. The predicted molar refractivity (Wildman–Crippen MR) is 99.3 cm³/mol. The number of carbonyl (C=O) groups is 2. The molecule has 1 aromatic heterocycles. The number of piperidine rings is 1. The lowest BCUT2D eigenvalue weighted by Gasteiger charge is -2.37. The minimum Gasteiger partial charge on any atom is -0.489 e. The Morgan fingerprint density at radius 2 is 1.79 bits per heavy atom. The summed E-state index contributed by atoms with van der Waals surface area (Å²) in [4.78, 5) is 27.7. The van der Waals surface area contributed by atoms with E-state index in [1.165, 1.54) is 19.3 Å². The zero-order valence-corrected chi connectivity index (χ0v) is 16.4. The summed E-state index contributed by atoms with van der Waals surface area (Å²) in [5, 5.41) is 7.12. The zero-order valence-electron chi connectivity index (χ0n) is 16.4. The quantitative estimate of drug-likeness (QED) is 0.808. The van der Waals surface area contributed by atoms with E-state index in [9.17, 15) is 18.0 Å². The number of ether oxygens (including phenoxy) is 1. The highest BCUT2D eigenvalue weighted by molar-refractivity contribution is 5.79. The molecule has 2 aliphatic rings. The Morgan fingerprint density at radius 1 is 1.17 bits per heavy atom. The van der Waals surface area contributed by atoms with E-state index in [0.29, 0.717) is 11.8 Å². The van der Waals surface area contributed by atoms with Crippen molar-refractivity contribution in [3.8, 4) is 5.75 Å². The van der Waals surface area contributed by atoms with Gasteiger partial charge in [-0.2, -0.15) is 13.2 Å². The Bertz CT molecular complexity index is 661. The number of nitrogens with zero attached hydrogens (tertiary/aromatic N) is 2. The number of rotatable bonds is 3. The maximum Gasteiger partial charge on any atom is 0.490 e. The van der Waals surface area contributed by atoms with Crippen molar-refractivity contribution < 1.29 is 32.6 Å². The van der Waals surface area contributed by atoms with Crippen molar-refractivity contribution in [2.45, 2.75) is 57.7 Å². The van der Waals surface area contributed by atoms with E-state index in [1.807, 2.05) is 12.1 Å². The third-order valence-corrected chi connectivity index (χ3v) is 5.36. The summed E-state index contributed by atoms with van der Waals surface area (Å²) < 4.78 is 37.7. The molecule has 1 aliphatic carbocycles. The molecule has 3 rings (SSSR count). The van der Waals surface area contributed by atoms with E-state index in [0.717, 1.165) is 38.1 Å². The van der Waals surface area contributed by atoms with E-state index >= 15 is 0 Å². The Balaban J connectivity index is 0.000000370. The minimum absolute atomic E-state index is 0.206. The molecule has 0 aromatic carbocycles. The number of alkyl halides is 3. The number of pyridine rings is 1. The summed E-state index contributed by atoms with van der Waals surface area (Å²) in [7, 11) is 0. The number of hydrogen-bond donors (Lipinski definition) is 1. The molecule has 1 aliphatic heterocycles. The molecule has 1 N–H and O–H groups in total. The lowest BCUT2D eigenvalue weighted by molar-refractivity contribution is -0.192. The Labute approximate surface area is 168 Å². The molecule has 1 amide bonds. The normalized spacial score (nSPS) is 23.0. The molecule has 2 heterocycles. The standard InChI is InChI=1S/C18H26N2O2.C2HF3O2/c1-14-5-2-3-7-17(14)18(21)20-11-8-15(9-12-20)22-16-6-4-10-19-13-16;3-2(4,5)1(6)7/h4,6,10,13-15,17H,2-3,5,7-9,11-12H2,1H3;(H,6,7). The second-order valence-electron chi connectivity index (χ2n) is 7.50. The van der Waals surface area contributed by atoms with Crippen molar-refractivity contribution in [1.29, 1.82) is 0 Å². The average molecular weight is 416 g/mol. The van der Waals surface area contributed by atoms with Crippen molar-refractivity contribution >= 4 is 11.9 Å². The summed E-state index contributed by atoms with van der Waals surface area (Å²) in [6.07, 6.45) is 5.23. The van der Waals surface area contributed by atoms with Crippen LogP contribution >= 0.6 is 0 Å². The third kappa shape index (κ3) is 7.21. The smallest absolute Gasteiger partial charge is 0.489 e. The number of halogens is 3. The fourth-order valence-electron chi connectivity index (χ4n) is 3.72. The van der Waals surface area contributed by atoms with Crippen molar-refractivity contribution in [3.63, 3.8) is 0 Å². The van der Waals surface area contributed by atoms with Crippen molar-refractivity contribution in [2.75, 3.05) is 13.1 Å². The van der Waals surface area contributed by atoms with E-state index in [2.05, 4.69) is 16.8 Å². The molecule has 9 heteroatoms. The first kappa shape index (κ1) is 23.0. The Hall–Kier alpha value is -2.32. The number of amides is 1. The average Bonchev–Trinajstić information content (AvgIpc) is 2.69. The van der Waals surface area contributed by atoms with Crippen LogP contribution in [0.4, 0.5) is 13.2 Å². The number of carbonyl (C=O) groups excluding carboxylic acids is 1. The molecule has 0 bridgehead atoms. The fraction of sp³-hybridized carbons (Fsp3) is 0.650. The molecule has 29 heavy (non-hydrogen) atoms. The number of likely N-dealkylation sites (tertiary alicyclic amines) is 1. The topological polar surface area (TPSA) is 79.7 Å². The van der Waals surface area contributed by atoms with Crippen LogP contribution in [0.1, 0.15) is 45.4 Å². The van der Waals surface area contributed by atoms with Crippen LogP contribution in [0.5, 0.6) is 5.75 Å². The highest BCUT2D eigenvalue weighted by Gasteiger charge is 2.38. The summed E-state index contributed by atoms with van der Waals surface area (Å²) in [5.74, 6) is -0.747. The summed E-state index contributed by atoms with van der Waals surface area (Å²) in [5.41, 5.74) is 0. The molecule has 0 spiro atoms. The molecule has 2 unspecified atom stereocenters. The van der Waals surface area contributed by atoms with Crippen molar-refractivity contribution in [1.82, 2.24) is 9.88 Å². The maximum absolute atomic E-state index is 12.7. The van der Waals surface area contributed by atoms with E-state index < -0.39 is 12.1 Å². The van der Waals surface area contributed by atoms with Gasteiger partial charge in [0.1, 0.15) is 11.9 Å². The molecule has 6 nitrogen and oxygen atoms in total. The van der Waals surface area contributed by atoms with E-state index in [-0.39, 0.29) is 12.0 Å². The van der Waals surface area contributed by atoms with Crippen LogP contribution < -0.4 is 4.74 Å². The fourth-order valence-corrected chi connectivity index (χ4v) is 3.72. The molecule has 2 atom stereocenters. The first-order valence-corrected chi connectivity index (χ1v) is 9.84. The van der Waals surface area contributed by atoms with Gasteiger partial charge in [0.25, 0.3) is 0 Å². The maximum atomic E-state index is 12.7. The first-order valence-electron chi connectivity index (χ1n) is 9.84. The minimum atomic E-state index is -5.08. The lowest BCUT2D eigenvalue weighted by Crippen LogP contribution is -2.46. The SMILES string of the molecule is CC1CCCCC1C(=O)N1CCC(Oc2cccnc2)CC1.O=C(O)C(F)(F)F. The first-order chi connectivity index (χ1) is 13.7. The van der Waals surface area contributed by atoms with Crippen molar-refractivity contribution in [3.05, 3.63) is 24.5 Å². The van der Waals surface area contributed by atoms with Crippen LogP contribution in [0, 0.1) is 11.8 Å². The second kappa shape index (κ2) is 10.5. The number of aliphatic carboxylic acids is 1. The van der Waals surface area contributed by atoms with Gasteiger partial charge in [-0.25, -0.2) is 4.79 Å². The van der Waals surface area contributed by atoms with Gasteiger partial charge in [-0.05, 0) is 30.9 Å². The number of aromatic nitrogens is 1. The van der Waals surface area contributed by atoms with Crippen molar-refractivity contribution in [2.24, 2.45) is 11.8 Å². The van der Waals surface area contributed by atoms with Gasteiger partial charge >= 0.3 is 12.1 Å². The predicted octanol–water partition coefficient (Wildman–Crippen LogP) is 3.91. The molecule has 0 radical (unpaired) electrons. The number of carboxylic acids is 1. The monoisotopic (exact) mass is 416 g/mol. The van der Waals surface area contributed by atoms with Crippen LogP contribution in [-0.4, -0.2) is 52.2 Å². The zero-order chi connectivity index (χ0) is 21.4. The summed E-state index contributed by atoms with van der Waals surface area (Å²) in [6, 6.07) is 3.83. The van der Waals surface area contributed by atoms with E-state index in [4.69, 9.17) is 14.6 Å². The second-order valence-corrected chi connectivity index (χ2v) is 7.50. The van der Waals surface area contributed by atoms with Gasteiger partial charge < -0.3 is 14.7 Å². The molecule has 1 aromatic rings. The van der Waals surface area contributed by atoms with E-state index in [1.54, 1.807) is 12.4 Å². The van der Waals surface area contributed by atoms with Crippen LogP contribution in [0.2, 0.25) is 0 Å². The Kier molecular flexibility index (Phi) is 8.28.